The van der Waals surface area contributed by atoms with Crippen molar-refractivity contribution in [2.75, 3.05) is 0 Å². The zero-order chi connectivity index (χ0) is 14.5. The third-order valence-electron chi connectivity index (χ3n) is 2.90. The van der Waals surface area contributed by atoms with Crippen molar-refractivity contribution in [2.24, 2.45) is 0 Å². The highest BCUT2D eigenvalue weighted by Gasteiger charge is 2.28. The maximum absolute atomic E-state index is 12.3. The maximum atomic E-state index is 12.3. The number of hydrogen-bond acceptors (Lipinski definition) is 2. The van der Waals surface area contributed by atoms with Crippen molar-refractivity contribution in [1.82, 2.24) is 4.72 Å². The average molecular weight is 279 g/mol. The second-order valence-corrected chi connectivity index (χ2v) is 6.65. The monoisotopic (exact) mass is 279 g/mol. The molecular weight excluding hydrogens is 258 g/mol. The fourth-order valence-corrected chi connectivity index (χ4v) is 3.33. The lowest BCUT2D eigenvalue weighted by molar-refractivity contribution is 0.423. The summed E-state index contributed by atoms with van der Waals surface area (Å²) in [5, 5.41) is 0. The van der Waals surface area contributed by atoms with Gasteiger partial charge in [-0.25, -0.2) is 13.1 Å². The van der Waals surface area contributed by atoms with Gasteiger partial charge in [-0.05, 0) is 38.8 Å². The van der Waals surface area contributed by atoms with Crippen LogP contribution in [0.5, 0.6) is 0 Å². The van der Waals surface area contributed by atoms with Crippen LogP contribution in [0.4, 0.5) is 0 Å². The van der Waals surface area contributed by atoms with Crippen molar-refractivity contribution < 1.29 is 8.42 Å². The average Bonchev–Trinajstić information content (AvgIpc) is 2.28. The molecule has 104 valence electrons. The smallest absolute Gasteiger partial charge is 0.207 e. The van der Waals surface area contributed by atoms with E-state index in [1.54, 1.807) is 36.4 Å². The molecule has 3 nitrogen and oxygen atoms in total. The van der Waals surface area contributed by atoms with Gasteiger partial charge in [0.2, 0.25) is 10.0 Å². The standard InChI is InChI=1S/C15H21NO2S/c1-5-11-15(4,12-6-2)16-19(17,18)14-9-7-13(3)8-10-14/h5-10,16H,1-2,11-12H2,3-4H3. The molecule has 0 saturated heterocycles. The number of aryl methyl sites for hydroxylation is 1. The van der Waals surface area contributed by atoms with E-state index in [0.717, 1.165) is 5.56 Å². The van der Waals surface area contributed by atoms with Crippen molar-refractivity contribution in [1.29, 1.82) is 0 Å². The SMILES string of the molecule is C=CCC(C)(CC=C)NS(=O)(=O)c1ccc(C)cc1. The highest BCUT2D eigenvalue weighted by atomic mass is 32.2. The maximum Gasteiger partial charge on any atom is 0.241 e. The highest BCUT2D eigenvalue weighted by Crippen LogP contribution is 2.20. The van der Waals surface area contributed by atoms with Crippen LogP contribution in [0.3, 0.4) is 0 Å². The van der Waals surface area contributed by atoms with E-state index in [1.165, 1.54) is 0 Å². The van der Waals surface area contributed by atoms with Gasteiger partial charge in [0, 0.05) is 5.54 Å². The van der Waals surface area contributed by atoms with Crippen LogP contribution in [0.1, 0.15) is 25.3 Å². The minimum atomic E-state index is -3.52. The predicted octanol–water partition coefficient (Wildman–Crippen LogP) is 3.18. The predicted molar refractivity (Wildman–Crippen MR) is 79.5 cm³/mol. The summed E-state index contributed by atoms with van der Waals surface area (Å²) in [6.07, 6.45) is 4.51. The first-order chi connectivity index (χ1) is 8.83. The number of rotatable bonds is 7. The lowest BCUT2D eigenvalue weighted by Crippen LogP contribution is -2.45. The van der Waals surface area contributed by atoms with Crippen LogP contribution >= 0.6 is 0 Å². The number of hydrogen-bond donors (Lipinski definition) is 1. The molecule has 0 aliphatic carbocycles. The van der Waals surface area contributed by atoms with Crippen LogP contribution < -0.4 is 4.72 Å². The van der Waals surface area contributed by atoms with Gasteiger partial charge >= 0.3 is 0 Å². The molecule has 19 heavy (non-hydrogen) atoms. The Kier molecular flexibility index (Phi) is 5.09. The van der Waals surface area contributed by atoms with E-state index in [-0.39, 0.29) is 4.90 Å². The molecule has 0 radical (unpaired) electrons. The Bertz CT molecular complexity index is 534. The molecule has 0 heterocycles. The van der Waals surface area contributed by atoms with E-state index in [2.05, 4.69) is 17.9 Å². The molecule has 0 aliphatic rings. The molecule has 1 aromatic rings. The van der Waals surface area contributed by atoms with E-state index in [0.29, 0.717) is 12.8 Å². The molecule has 1 rings (SSSR count). The van der Waals surface area contributed by atoms with Gasteiger partial charge in [-0.15, -0.1) is 13.2 Å². The van der Waals surface area contributed by atoms with Gasteiger partial charge in [-0.2, -0.15) is 0 Å². The summed E-state index contributed by atoms with van der Waals surface area (Å²) in [5.41, 5.74) is 0.437. The summed E-state index contributed by atoms with van der Waals surface area (Å²) in [5.74, 6) is 0. The van der Waals surface area contributed by atoms with Crippen LogP contribution in [0.25, 0.3) is 0 Å². The molecule has 0 aromatic heterocycles. The van der Waals surface area contributed by atoms with Gasteiger partial charge in [0.1, 0.15) is 0 Å². The fraction of sp³-hybridized carbons (Fsp3) is 0.333. The molecule has 0 bridgehead atoms. The molecule has 0 unspecified atom stereocenters. The molecule has 1 N–H and O–H groups in total. The largest absolute Gasteiger partial charge is 0.241 e. The lowest BCUT2D eigenvalue weighted by Gasteiger charge is -2.28. The molecular formula is C15H21NO2S. The Morgan fingerprint density at radius 2 is 1.63 bits per heavy atom. The molecule has 0 saturated carbocycles. The van der Waals surface area contributed by atoms with Crippen molar-refractivity contribution in [3.8, 4) is 0 Å². The first kappa shape index (κ1) is 15.7. The van der Waals surface area contributed by atoms with Crippen molar-refractivity contribution in [3.63, 3.8) is 0 Å². The first-order valence-electron chi connectivity index (χ1n) is 6.15. The quantitative estimate of drug-likeness (QED) is 0.779. The Hall–Kier alpha value is -1.39. The van der Waals surface area contributed by atoms with Crippen molar-refractivity contribution in [3.05, 3.63) is 55.1 Å². The molecule has 0 fully saturated rings. The Morgan fingerprint density at radius 1 is 1.16 bits per heavy atom. The van der Waals surface area contributed by atoms with E-state index < -0.39 is 15.6 Å². The Balaban J connectivity index is 3.03. The van der Waals surface area contributed by atoms with Crippen LogP contribution in [0, 0.1) is 6.92 Å². The van der Waals surface area contributed by atoms with Gasteiger partial charge in [-0.1, -0.05) is 29.8 Å². The second kappa shape index (κ2) is 6.17. The van der Waals surface area contributed by atoms with Gasteiger partial charge in [0.05, 0.1) is 4.90 Å². The number of nitrogens with one attached hydrogen (secondary N) is 1. The van der Waals surface area contributed by atoms with Crippen molar-refractivity contribution in [2.45, 2.75) is 37.1 Å². The third-order valence-corrected chi connectivity index (χ3v) is 4.56. The molecule has 0 aliphatic heterocycles. The molecule has 0 spiro atoms. The van der Waals surface area contributed by atoms with Crippen molar-refractivity contribution >= 4 is 10.0 Å². The summed E-state index contributed by atoms with van der Waals surface area (Å²) in [4.78, 5) is 0.275. The third kappa shape index (κ3) is 4.33. The zero-order valence-corrected chi connectivity index (χ0v) is 12.3. The van der Waals surface area contributed by atoms with E-state index in [1.807, 2.05) is 13.8 Å². The molecule has 0 amide bonds. The summed E-state index contributed by atoms with van der Waals surface area (Å²) >= 11 is 0. The molecule has 1 aromatic carbocycles. The van der Waals surface area contributed by atoms with E-state index in [4.69, 9.17) is 0 Å². The zero-order valence-electron chi connectivity index (χ0n) is 11.5. The summed E-state index contributed by atoms with van der Waals surface area (Å²) < 4.78 is 27.4. The summed E-state index contributed by atoms with van der Waals surface area (Å²) in [6.45, 7) is 11.1. The number of benzene rings is 1. The van der Waals surface area contributed by atoms with E-state index in [9.17, 15) is 8.42 Å². The fourth-order valence-electron chi connectivity index (χ4n) is 1.90. The molecule has 4 heteroatoms. The Morgan fingerprint density at radius 3 is 2.05 bits per heavy atom. The number of sulfonamides is 1. The highest BCUT2D eigenvalue weighted by molar-refractivity contribution is 7.89. The molecule has 0 atom stereocenters. The van der Waals surface area contributed by atoms with Gasteiger partial charge in [-0.3, -0.25) is 0 Å². The van der Waals surface area contributed by atoms with Gasteiger partial charge < -0.3 is 0 Å². The normalized spacial score (nSPS) is 12.1. The minimum Gasteiger partial charge on any atom is -0.207 e. The van der Waals surface area contributed by atoms with Crippen LogP contribution in [-0.2, 0) is 10.0 Å². The van der Waals surface area contributed by atoms with E-state index >= 15 is 0 Å². The van der Waals surface area contributed by atoms with Crippen LogP contribution in [0.2, 0.25) is 0 Å². The van der Waals surface area contributed by atoms with Gasteiger partial charge in [0.15, 0.2) is 0 Å². The summed E-state index contributed by atoms with van der Waals surface area (Å²) in [7, 11) is -3.52. The Labute approximate surface area is 116 Å². The lowest BCUT2D eigenvalue weighted by atomic mass is 9.95. The second-order valence-electron chi connectivity index (χ2n) is 4.96. The minimum absolute atomic E-state index is 0.275. The van der Waals surface area contributed by atoms with Crippen LogP contribution in [0.15, 0.2) is 54.5 Å². The topological polar surface area (TPSA) is 46.2 Å². The summed E-state index contributed by atoms with van der Waals surface area (Å²) in [6, 6.07) is 6.79. The van der Waals surface area contributed by atoms with Gasteiger partial charge in [0.25, 0.3) is 0 Å². The first-order valence-corrected chi connectivity index (χ1v) is 7.64. The van der Waals surface area contributed by atoms with Crippen LogP contribution in [-0.4, -0.2) is 14.0 Å².